The number of fused-ring (bicyclic) bond motifs is 1. The number of hydrogen-bond donors (Lipinski definition) is 2. The van der Waals surface area contributed by atoms with Gasteiger partial charge in [-0.15, -0.1) is 0 Å². The largest absolute Gasteiger partial charge is 0.454 e. The van der Waals surface area contributed by atoms with Crippen LogP contribution in [0.25, 0.3) is 0 Å². The van der Waals surface area contributed by atoms with Gasteiger partial charge in [-0.3, -0.25) is 0 Å². The zero-order chi connectivity index (χ0) is 12.5. The van der Waals surface area contributed by atoms with Gasteiger partial charge >= 0.3 is 0 Å². The van der Waals surface area contributed by atoms with E-state index in [1.165, 1.54) is 12.8 Å². The number of hydrogen-bond acceptors (Lipinski definition) is 4. The molecular weight excluding hydrogens is 252 g/mol. The van der Waals surface area contributed by atoms with Crippen molar-refractivity contribution >= 4 is 17.3 Å². The van der Waals surface area contributed by atoms with Crippen LogP contribution in [0.4, 0.5) is 5.69 Å². The molecule has 1 heterocycles. The molecule has 0 radical (unpaired) electrons. The maximum atomic E-state index is 6.25. The molecule has 0 amide bonds. The second-order valence-electron chi connectivity index (χ2n) is 4.86. The first-order chi connectivity index (χ1) is 8.78. The van der Waals surface area contributed by atoms with E-state index in [0.717, 1.165) is 24.4 Å². The van der Waals surface area contributed by atoms with Gasteiger partial charge in [-0.2, -0.15) is 0 Å². The molecule has 2 aliphatic rings. The maximum absolute atomic E-state index is 6.25. The fourth-order valence-corrected chi connectivity index (χ4v) is 2.94. The minimum Gasteiger partial charge on any atom is -0.454 e. The summed E-state index contributed by atoms with van der Waals surface area (Å²) in [6.45, 7) is 0.990. The second kappa shape index (κ2) is 4.86. The van der Waals surface area contributed by atoms with Crippen LogP contribution in [0.1, 0.15) is 19.3 Å². The van der Waals surface area contributed by atoms with Gasteiger partial charge in [0.25, 0.3) is 0 Å². The van der Waals surface area contributed by atoms with Crippen molar-refractivity contribution in [2.24, 2.45) is 11.7 Å². The molecule has 1 aromatic rings. The molecule has 0 aromatic heterocycles. The van der Waals surface area contributed by atoms with Crippen molar-refractivity contribution in [1.82, 2.24) is 0 Å². The zero-order valence-electron chi connectivity index (χ0n) is 10.1. The maximum Gasteiger partial charge on any atom is 0.231 e. The van der Waals surface area contributed by atoms with Crippen LogP contribution in [-0.4, -0.2) is 19.4 Å². The van der Waals surface area contributed by atoms with E-state index in [2.05, 4.69) is 5.32 Å². The Morgan fingerprint density at radius 1 is 1.28 bits per heavy atom. The number of nitrogens with one attached hydrogen (secondary N) is 1. The molecule has 5 heteroatoms. The Kier molecular flexibility index (Phi) is 3.22. The van der Waals surface area contributed by atoms with Gasteiger partial charge in [0.15, 0.2) is 11.5 Å². The average molecular weight is 269 g/mol. The molecule has 0 bridgehead atoms. The number of nitrogens with two attached hydrogens (primary N) is 1. The van der Waals surface area contributed by atoms with Crippen LogP contribution in [0.3, 0.4) is 0 Å². The summed E-state index contributed by atoms with van der Waals surface area (Å²) in [6.07, 6.45) is 3.56. The normalized spacial score (nSPS) is 25.4. The lowest BCUT2D eigenvalue weighted by molar-refractivity contribution is 0.174. The first-order valence-corrected chi connectivity index (χ1v) is 6.71. The van der Waals surface area contributed by atoms with Gasteiger partial charge in [-0.1, -0.05) is 18.0 Å². The molecule has 1 aliphatic carbocycles. The fraction of sp³-hybridized carbons (Fsp3) is 0.538. The topological polar surface area (TPSA) is 56.5 Å². The minimum absolute atomic E-state index is 0.268. The summed E-state index contributed by atoms with van der Waals surface area (Å²) in [4.78, 5) is 0. The van der Waals surface area contributed by atoms with E-state index >= 15 is 0 Å². The molecular formula is C13H17ClN2O2. The van der Waals surface area contributed by atoms with Crippen LogP contribution < -0.4 is 20.5 Å². The number of benzene rings is 1. The quantitative estimate of drug-likeness (QED) is 0.885. The summed E-state index contributed by atoms with van der Waals surface area (Å²) in [7, 11) is 0. The Balaban J connectivity index is 1.80. The van der Waals surface area contributed by atoms with Crippen molar-refractivity contribution in [2.45, 2.75) is 25.3 Å². The lowest BCUT2D eigenvalue weighted by atomic mass is 10.0. The lowest BCUT2D eigenvalue weighted by Crippen LogP contribution is -2.29. The van der Waals surface area contributed by atoms with Crippen LogP contribution in [0.2, 0.25) is 5.02 Å². The van der Waals surface area contributed by atoms with Crippen LogP contribution in [0.15, 0.2) is 12.1 Å². The molecule has 98 valence electrons. The zero-order valence-corrected chi connectivity index (χ0v) is 10.9. The van der Waals surface area contributed by atoms with Crippen molar-refractivity contribution in [3.63, 3.8) is 0 Å². The highest BCUT2D eigenvalue weighted by atomic mass is 35.5. The average Bonchev–Trinajstić information content (AvgIpc) is 2.98. The van der Waals surface area contributed by atoms with Crippen LogP contribution in [0.5, 0.6) is 11.5 Å². The van der Waals surface area contributed by atoms with Gasteiger partial charge in [0, 0.05) is 18.2 Å². The smallest absolute Gasteiger partial charge is 0.231 e. The SMILES string of the molecule is NCC1CCCC1Nc1cc2c(cc1Cl)OCO2. The highest BCUT2D eigenvalue weighted by molar-refractivity contribution is 6.33. The number of halogens is 1. The fourth-order valence-electron chi connectivity index (χ4n) is 2.74. The third kappa shape index (κ3) is 2.10. The van der Waals surface area contributed by atoms with Gasteiger partial charge in [-0.05, 0) is 25.3 Å². The highest BCUT2D eigenvalue weighted by Gasteiger charge is 2.27. The van der Waals surface area contributed by atoms with Gasteiger partial charge in [0.1, 0.15) is 0 Å². The van der Waals surface area contributed by atoms with E-state index in [4.69, 9.17) is 26.8 Å². The van der Waals surface area contributed by atoms with E-state index in [1.54, 1.807) is 6.07 Å². The summed E-state index contributed by atoms with van der Waals surface area (Å²) in [5, 5.41) is 4.16. The monoisotopic (exact) mass is 268 g/mol. The Morgan fingerprint density at radius 2 is 2.06 bits per heavy atom. The van der Waals surface area contributed by atoms with E-state index in [0.29, 0.717) is 22.7 Å². The Morgan fingerprint density at radius 3 is 2.83 bits per heavy atom. The molecule has 2 atom stereocenters. The first kappa shape index (κ1) is 11.9. The van der Waals surface area contributed by atoms with Crippen LogP contribution in [-0.2, 0) is 0 Å². The molecule has 4 nitrogen and oxygen atoms in total. The lowest BCUT2D eigenvalue weighted by Gasteiger charge is -2.21. The van der Waals surface area contributed by atoms with Crippen molar-refractivity contribution in [3.05, 3.63) is 17.2 Å². The standard InChI is InChI=1S/C13H17ClN2O2/c14-9-4-12-13(18-7-17-12)5-11(9)16-10-3-1-2-8(10)6-15/h4-5,8,10,16H,1-3,6-7,15H2. The summed E-state index contributed by atoms with van der Waals surface area (Å²) >= 11 is 6.25. The minimum atomic E-state index is 0.268. The molecule has 1 fully saturated rings. The molecule has 0 saturated heterocycles. The summed E-state index contributed by atoms with van der Waals surface area (Å²) < 4.78 is 10.7. The van der Waals surface area contributed by atoms with Crippen molar-refractivity contribution in [2.75, 3.05) is 18.7 Å². The van der Waals surface area contributed by atoms with Gasteiger partial charge < -0.3 is 20.5 Å². The molecule has 18 heavy (non-hydrogen) atoms. The van der Waals surface area contributed by atoms with Gasteiger partial charge in [0.05, 0.1) is 10.7 Å². The molecule has 3 rings (SSSR count). The number of ether oxygens (including phenoxy) is 2. The molecule has 2 unspecified atom stereocenters. The Hall–Kier alpha value is -1.13. The van der Waals surface area contributed by atoms with E-state index in [-0.39, 0.29) is 6.79 Å². The van der Waals surface area contributed by atoms with E-state index in [9.17, 15) is 0 Å². The Labute approximate surface area is 111 Å². The molecule has 1 aromatic carbocycles. The predicted molar refractivity (Wildman–Crippen MR) is 71.4 cm³/mol. The molecule has 1 aliphatic heterocycles. The van der Waals surface area contributed by atoms with E-state index in [1.807, 2.05) is 6.07 Å². The Bertz CT molecular complexity index is 453. The molecule has 3 N–H and O–H groups in total. The van der Waals surface area contributed by atoms with Gasteiger partial charge in [0.2, 0.25) is 6.79 Å². The highest BCUT2D eigenvalue weighted by Crippen LogP contribution is 2.40. The van der Waals surface area contributed by atoms with Crippen molar-refractivity contribution in [1.29, 1.82) is 0 Å². The predicted octanol–water partition coefficient (Wildman–Crippen LogP) is 2.61. The van der Waals surface area contributed by atoms with Crippen molar-refractivity contribution < 1.29 is 9.47 Å². The molecule has 0 spiro atoms. The van der Waals surface area contributed by atoms with E-state index < -0.39 is 0 Å². The third-order valence-corrected chi connectivity index (χ3v) is 4.08. The third-order valence-electron chi connectivity index (χ3n) is 3.76. The van der Waals surface area contributed by atoms with Crippen LogP contribution in [0, 0.1) is 5.92 Å². The van der Waals surface area contributed by atoms with Crippen molar-refractivity contribution in [3.8, 4) is 11.5 Å². The summed E-state index contributed by atoms with van der Waals surface area (Å²) in [5.74, 6) is 2.00. The number of anilines is 1. The van der Waals surface area contributed by atoms with Gasteiger partial charge in [-0.25, -0.2) is 0 Å². The summed E-state index contributed by atoms with van der Waals surface area (Å²) in [5.41, 5.74) is 6.70. The first-order valence-electron chi connectivity index (χ1n) is 6.33. The second-order valence-corrected chi connectivity index (χ2v) is 5.27. The number of rotatable bonds is 3. The van der Waals surface area contributed by atoms with Crippen LogP contribution >= 0.6 is 11.6 Å². The molecule has 1 saturated carbocycles. The summed E-state index contributed by atoms with van der Waals surface area (Å²) in [6, 6.07) is 4.13.